The predicted octanol–water partition coefficient (Wildman–Crippen LogP) is 2.91. The number of sulfonamides is 1. The average molecular weight is 437 g/mol. The fourth-order valence-electron chi connectivity index (χ4n) is 3.55. The van der Waals surface area contributed by atoms with Crippen molar-refractivity contribution in [1.29, 1.82) is 0 Å². The minimum atomic E-state index is -3.80. The van der Waals surface area contributed by atoms with Crippen LogP contribution in [0.15, 0.2) is 47.4 Å². The Hall–Kier alpha value is -2.65. The van der Waals surface area contributed by atoms with E-state index in [1.807, 2.05) is 0 Å². The van der Waals surface area contributed by atoms with Gasteiger partial charge in [0.05, 0.1) is 25.0 Å². The van der Waals surface area contributed by atoms with Gasteiger partial charge in [0, 0.05) is 31.9 Å². The normalized spacial score (nSPS) is 17.4. The van der Waals surface area contributed by atoms with Crippen molar-refractivity contribution in [3.8, 4) is 11.5 Å². The summed E-state index contributed by atoms with van der Waals surface area (Å²) in [7, 11) is 0.720. The minimum absolute atomic E-state index is 0.0835. The van der Waals surface area contributed by atoms with Crippen molar-refractivity contribution in [2.45, 2.75) is 17.7 Å². The smallest absolute Gasteiger partial charge is 0.243 e. The third-order valence-corrected chi connectivity index (χ3v) is 7.13. The van der Waals surface area contributed by atoms with Gasteiger partial charge in [-0.05, 0) is 49.2 Å². The van der Waals surface area contributed by atoms with Crippen LogP contribution < -0.4 is 14.4 Å². The SMILES string of the molecule is COc1ccc(S(=O)(=O)N2CCC[C@@H](C(=O)N(C)c3ccc(F)cc3)C2)cc1OC. The van der Waals surface area contributed by atoms with Gasteiger partial charge in [0.15, 0.2) is 11.5 Å². The molecular weight excluding hydrogens is 411 g/mol. The van der Waals surface area contributed by atoms with E-state index in [0.29, 0.717) is 36.6 Å². The summed E-state index contributed by atoms with van der Waals surface area (Å²) < 4.78 is 51.2. The van der Waals surface area contributed by atoms with E-state index in [2.05, 4.69) is 0 Å². The number of carbonyl (C=O) groups excluding carboxylic acids is 1. The molecule has 3 rings (SSSR count). The average Bonchev–Trinajstić information content (AvgIpc) is 2.78. The van der Waals surface area contributed by atoms with Crippen molar-refractivity contribution in [1.82, 2.24) is 4.31 Å². The van der Waals surface area contributed by atoms with E-state index in [1.54, 1.807) is 13.1 Å². The van der Waals surface area contributed by atoms with Gasteiger partial charge in [0.25, 0.3) is 0 Å². The molecular formula is C21H25FN2O5S. The van der Waals surface area contributed by atoms with Crippen LogP contribution in [-0.4, -0.2) is 53.0 Å². The van der Waals surface area contributed by atoms with E-state index in [-0.39, 0.29) is 23.2 Å². The topological polar surface area (TPSA) is 76.2 Å². The van der Waals surface area contributed by atoms with Crippen LogP contribution in [0.5, 0.6) is 11.5 Å². The Balaban J connectivity index is 1.79. The van der Waals surface area contributed by atoms with Gasteiger partial charge in [0.1, 0.15) is 5.82 Å². The highest BCUT2D eigenvalue weighted by Gasteiger charge is 2.35. The van der Waals surface area contributed by atoms with E-state index in [1.165, 1.54) is 59.8 Å². The summed E-state index contributed by atoms with van der Waals surface area (Å²) in [4.78, 5) is 14.5. The van der Waals surface area contributed by atoms with Crippen molar-refractivity contribution in [3.63, 3.8) is 0 Å². The van der Waals surface area contributed by atoms with Crippen molar-refractivity contribution in [2.24, 2.45) is 5.92 Å². The maximum absolute atomic E-state index is 13.2. The number of methoxy groups -OCH3 is 2. The molecule has 0 aliphatic carbocycles. The van der Waals surface area contributed by atoms with Gasteiger partial charge in [-0.15, -0.1) is 0 Å². The molecule has 2 aromatic carbocycles. The third-order valence-electron chi connectivity index (χ3n) is 5.27. The molecule has 162 valence electrons. The molecule has 0 bridgehead atoms. The summed E-state index contributed by atoms with van der Waals surface area (Å²) in [6.45, 7) is 0.418. The molecule has 0 N–H and O–H groups in total. The number of nitrogens with zero attached hydrogens (tertiary/aromatic N) is 2. The van der Waals surface area contributed by atoms with Crippen molar-refractivity contribution >= 4 is 21.6 Å². The second-order valence-electron chi connectivity index (χ2n) is 7.09. The van der Waals surface area contributed by atoms with Crippen LogP contribution in [0.4, 0.5) is 10.1 Å². The number of ether oxygens (including phenoxy) is 2. The molecule has 0 radical (unpaired) electrons. The maximum atomic E-state index is 13.2. The van der Waals surface area contributed by atoms with Crippen LogP contribution in [0.3, 0.4) is 0 Å². The van der Waals surface area contributed by atoms with Crippen LogP contribution in [0.25, 0.3) is 0 Å². The summed E-state index contributed by atoms with van der Waals surface area (Å²) in [5.41, 5.74) is 0.557. The van der Waals surface area contributed by atoms with Crippen LogP contribution in [0.1, 0.15) is 12.8 Å². The van der Waals surface area contributed by atoms with Crippen molar-refractivity contribution in [3.05, 3.63) is 48.3 Å². The first kappa shape index (κ1) is 22.0. The Labute approximate surface area is 176 Å². The van der Waals surface area contributed by atoms with E-state index in [0.717, 1.165) is 0 Å². The van der Waals surface area contributed by atoms with Crippen LogP contribution >= 0.6 is 0 Å². The molecule has 1 amide bonds. The first-order chi connectivity index (χ1) is 14.3. The van der Waals surface area contributed by atoms with Crippen molar-refractivity contribution in [2.75, 3.05) is 39.3 Å². The molecule has 0 saturated carbocycles. The first-order valence-electron chi connectivity index (χ1n) is 9.53. The van der Waals surface area contributed by atoms with Crippen LogP contribution in [-0.2, 0) is 14.8 Å². The quantitative estimate of drug-likeness (QED) is 0.696. The van der Waals surface area contributed by atoms with Gasteiger partial charge < -0.3 is 14.4 Å². The summed E-state index contributed by atoms with van der Waals surface area (Å²) in [6.07, 6.45) is 1.16. The van der Waals surface area contributed by atoms with E-state index in [9.17, 15) is 17.6 Å². The Morgan fingerprint density at radius 3 is 2.40 bits per heavy atom. The first-order valence-corrected chi connectivity index (χ1v) is 11.0. The number of hydrogen-bond acceptors (Lipinski definition) is 5. The Morgan fingerprint density at radius 1 is 1.10 bits per heavy atom. The highest BCUT2D eigenvalue weighted by molar-refractivity contribution is 7.89. The lowest BCUT2D eigenvalue weighted by molar-refractivity contribution is -0.123. The summed E-state index contributed by atoms with van der Waals surface area (Å²) in [5.74, 6) is -0.315. The van der Waals surface area contributed by atoms with Gasteiger partial charge in [-0.25, -0.2) is 12.8 Å². The van der Waals surface area contributed by atoms with Crippen molar-refractivity contribution < 1.29 is 27.1 Å². The molecule has 1 heterocycles. The molecule has 1 aliphatic rings. The third kappa shape index (κ3) is 4.41. The molecule has 7 nitrogen and oxygen atoms in total. The molecule has 9 heteroatoms. The van der Waals surface area contributed by atoms with E-state index < -0.39 is 15.9 Å². The number of amides is 1. The lowest BCUT2D eigenvalue weighted by Gasteiger charge is -2.33. The molecule has 1 aliphatic heterocycles. The van der Waals surface area contributed by atoms with Gasteiger partial charge >= 0.3 is 0 Å². The number of rotatable bonds is 6. The second kappa shape index (κ2) is 9.01. The lowest BCUT2D eigenvalue weighted by atomic mass is 9.98. The Morgan fingerprint density at radius 2 is 1.77 bits per heavy atom. The Bertz CT molecular complexity index is 1010. The van der Waals surface area contributed by atoms with Crippen LogP contribution in [0, 0.1) is 11.7 Å². The minimum Gasteiger partial charge on any atom is -0.493 e. The van der Waals surface area contributed by atoms with E-state index >= 15 is 0 Å². The molecule has 0 aromatic heterocycles. The van der Waals surface area contributed by atoms with E-state index in [4.69, 9.17) is 9.47 Å². The molecule has 0 unspecified atom stereocenters. The second-order valence-corrected chi connectivity index (χ2v) is 9.03. The van der Waals surface area contributed by atoms with Crippen LogP contribution in [0.2, 0.25) is 0 Å². The lowest BCUT2D eigenvalue weighted by Crippen LogP contribution is -2.45. The highest BCUT2D eigenvalue weighted by atomic mass is 32.2. The molecule has 1 atom stereocenters. The number of benzene rings is 2. The number of halogens is 1. The molecule has 1 fully saturated rings. The standard InChI is InChI=1S/C21H25FN2O5S/c1-23(17-8-6-16(22)7-9-17)21(25)15-5-4-12-24(14-15)30(26,27)18-10-11-19(28-2)20(13-18)29-3/h6-11,13,15H,4-5,12,14H2,1-3H3/t15-/m1/s1. The largest absolute Gasteiger partial charge is 0.493 e. The summed E-state index contributed by atoms with van der Waals surface area (Å²) >= 11 is 0. The number of carbonyl (C=O) groups is 1. The molecule has 30 heavy (non-hydrogen) atoms. The summed E-state index contributed by atoms with van der Waals surface area (Å²) in [6, 6.07) is 10.0. The van der Waals surface area contributed by atoms with Gasteiger partial charge in [-0.1, -0.05) is 0 Å². The fraction of sp³-hybridized carbons (Fsp3) is 0.381. The molecule has 0 spiro atoms. The summed E-state index contributed by atoms with van der Waals surface area (Å²) in [5, 5.41) is 0. The number of anilines is 1. The number of piperidine rings is 1. The predicted molar refractivity (Wildman–Crippen MR) is 111 cm³/mol. The monoisotopic (exact) mass is 436 g/mol. The zero-order valence-electron chi connectivity index (χ0n) is 17.2. The zero-order valence-corrected chi connectivity index (χ0v) is 18.0. The van der Waals surface area contributed by atoms with Gasteiger partial charge in [-0.3, -0.25) is 4.79 Å². The zero-order chi connectivity index (χ0) is 21.9. The highest BCUT2D eigenvalue weighted by Crippen LogP contribution is 2.32. The molecule has 2 aromatic rings. The molecule has 1 saturated heterocycles. The van der Waals surface area contributed by atoms with Gasteiger partial charge in [0.2, 0.25) is 15.9 Å². The fourth-order valence-corrected chi connectivity index (χ4v) is 5.09. The number of hydrogen-bond donors (Lipinski definition) is 0. The maximum Gasteiger partial charge on any atom is 0.243 e. The van der Waals surface area contributed by atoms with Gasteiger partial charge in [-0.2, -0.15) is 4.31 Å². The Kier molecular flexibility index (Phi) is 6.62.